The van der Waals surface area contributed by atoms with E-state index in [0.29, 0.717) is 22.6 Å². The van der Waals surface area contributed by atoms with E-state index in [1.54, 1.807) is 16.8 Å². The van der Waals surface area contributed by atoms with Gasteiger partial charge in [0.15, 0.2) is 5.65 Å². The Morgan fingerprint density at radius 2 is 1.91 bits per heavy atom. The number of benzene rings is 1. The van der Waals surface area contributed by atoms with Crippen molar-refractivity contribution < 1.29 is 0 Å². The van der Waals surface area contributed by atoms with Crippen molar-refractivity contribution in [2.24, 2.45) is 0 Å². The molecule has 0 radical (unpaired) electrons. The number of pyridine rings is 1. The molecule has 33 heavy (non-hydrogen) atoms. The molecule has 0 spiro atoms. The number of aromatic nitrogens is 4. The molecule has 0 aliphatic carbocycles. The van der Waals surface area contributed by atoms with Crippen molar-refractivity contribution in [3.8, 4) is 39.2 Å². The van der Waals surface area contributed by atoms with Crippen LogP contribution in [0, 0.1) is 11.3 Å². The number of piperidine rings is 1. The summed E-state index contributed by atoms with van der Waals surface area (Å²) in [6, 6.07) is 15.1. The fraction of sp³-hybridized carbons (Fsp3) is 0.200. The molecule has 1 N–H and O–H groups in total. The second-order valence-corrected chi connectivity index (χ2v) is 9.73. The Kier molecular flexibility index (Phi) is 5.13. The SMILES string of the molecule is N#Cc1c(-c2cscn2)nc2n[nH]c(-c3cccs3)c2c1-c1ccc(N2CCCCC2)cc1. The van der Waals surface area contributed by atoms with Gasteiger partial charge in [-0.3, -0.25) is 5.10 Å². The van der Waals surface area contributed by atoms with E-state index in [4.69, 9.17) is 4.98 Å². The number of nitrogens with zero attached hydrogens (tertiary/aromatic N) is 5. The van der Waals surface area contributed by atoms with E-state index in [-0.39, 0.29) is 0 Å². The van der Waals surface area contributed by atoms with Crippen molar-refractivity contribution in [3.05, 3.63) is 58.2 Å². The second kappa shape index (κ2) is 8.43. The zero-order valence-electron chi connectivity index (χ0n) is 17.8. The molecule has 0 amide bonds. The standard InChI is InChI=1S/C25H20N6S2/c26-13-18-21(16-6-8-17(9-7-16)31-10-2-1-3-11-31)22-24(20-5-4-12-33-20)29-30-25(22)28-23(18)19-14-32-15-27-19/h4-9,12,14-15H,1-3,10-11H2,(H,28,29,30). The summed E-state index contributed by atoms with van der Waals surface area (Å²) in [4.78, 5) is 12.7. The van der Waals surface area contributed by atoms with Gasteiger partial charge in [0.2, 0.25) is 0 Å². The molecule has 1 aromatic carbocycles. The number of nitrogens with one attached hydrogen (secondary N) is 1. The summed E-state index contributed by atoms with van der Waals surface area (Å²) in [6.45, 7) is 2.20. The molecule has 162 valence electrons. The van der Waals surface area contributed by atoms with Crippen molar-refractivity contribution in [2.45, 2.75) is 19.3 Å². The van der Waals surface area contributed by atoms with Crippen LogP contribution in [0.15, 0.2) is 52.7 Å². The molecule has 5 heterocycles. The van der Waals surface area contributed by atoms with Gasteiger partial charge in [-0.25, -0.2) is 9.97 Å². The first kappa shape index (κ1) is 20.1. The molecule has 6 nitrogen and oxygen atoms in total. The topological polar surface area (TPSA) is 81.5 Å². The number of H-pyrrole nitrogens is 1. The summed E-state index contributed by atoms with van der Waals surface area (Å²) in [6.07, 6.45) is 3.78. The summed E-state index contributed by atoms with van der Waals surface area (Å²) in [5.41, 5.74) is 8.11. The van der Waals surface area contributed by atoms with Crippen molar-refractivity contribution in [2.75, 3.05) is 18.0 Å². The van der Waals surface area contributed by atoms with Crippen molar-refractivity contribution in [1.29, 1.82) is 5.26 Å². The first-order valence-electron chi connectivity index (χ1n) is 10.9. The van der Waals surface area contributed by atoms with E-state index >= 15 is 0 Å². The lowest BCUT2D eigenvalue weighted by Gasteiger charge is -2.29. The van der Waals surface area contributed by atoms with Crippen molar-refractivity contribution in [3.63, 3.8) is 0 Å². The predicted molar refractivity (Wildman–Crippen MR) is 135 cm³/mol. The van der Waals surface area contributed by atoms with Crippen LogP contribution < -0.4 is 4.90 Å². The van der Waals surface area contributed by atoms with Gasteiger partial charge in [-0.1, -0.05) is 18.2 Å². The normalized spacial score (nSPS) is 14.0. The number of aromatic amines is 1. The first-order valence-corrected chi connectivity index (χ1v) is 12.8. The van der Waals surface area contributed by atoms with Gasteiger partial charge in [0, 0.05) is 29.7 Å². The number of anilines is 1. The summed E-state index contributed by atoms with van der Waals surface area (Å²) in [5.74, 6) is 0. The van der Waals surface area contributed by atoms with Crippen LogP contribution in [-0.2, 0) is 0 Å². The fourth-order valence-corrected chi connectivity index (χ4v) is 5.82. The third-order valence-corrected chi connectivity index (χ3v) is 7.61. The van der Waals surface area contributed by atoms with E-state index in [1.807, 2.05) is 16.8 Å². The quantitative estimate of drug-likeness (QED) is 0.333. The number of nitriles is 1. The minimum Gasteiger partial charge on any atom is -0.372 e. The van der Waals surface area contributed by atoms with Crippen LogP contribution in [0.2, 0.25) is 0 Å². The molecule has 5 aromatic rings. The highest BCUT2D eigenvalue weighted by Gasteiger charge is 2.24. The maximum atomic E-state index is 10.3. The summed E-state index contributed by atoms with van der Waals surface area (Å²) in [5, 5.41) is 22.8. The van der Waals surface area contributed by atoms with E-state index in [9.17, 15) is 5.26 Å². The first-order chi connectivity index (χ1) is 16.3. The van der Waals surface area contributed by atoms with Gasteiger partial charge in [0.25, 0.3) is 0 Å². The number of hydrogen-bond acceptors (Lipinski definition) is 7. The number of rotatable bonds is 4. The number of thiazole rings is 1. The molecule has 1 aliphatic rings. The molecule has 1 saturated heterocycles. The Bertz CT molecular complexity index is 1440. The molecule has 0 saturated carbocycles. The third kappa shape index (κ3) is 3.50. The smallest absolute Gasteiger partial charge is 0.182 e. The molecule has 0 bridgehead atoms. The highest BCUT2D eigenvalue weighted by atomic mass is 32.1. The summed E-state index contributed by atoms with van der Waals surface area (Å²) >= 11 is 3.13. The Hall–Kier alpha value is -3.54. The lowest BCUT2D eigenvalue weighted by molar-refractivity contribution is 0.578. The van der Waals surface area contributed by atoms with Crippen LogP contribution in [-0.4, -0.2) is 33.3 Å². The minimum atomic E-state index is 0.526. The van der Waals surface area contributed by atoms with E-state index < -0.39 is 0 Å². The molecule has 4 aromatic heterocycles. The molecule has 0 unspecified atom stereocenters. The van der Waals surface area contributed by atoms with Crippen LogP contribution in [0.5, 0.6) is 0 Å². The van der Waals surface area contributed by atoms with Gasteiger partial charge < -0.3 is 4.90 Å². The average Bonchev–Trinajstić information content (AvgIpc) is 3.65. The zero-order valence-corrected chi connectivity index (χ0v) is 19.4. The fourth-order valence-electron chi connectivity index (χ4n) is 4.56. The van der Waals surface area contributed by atoms with Crippen LogP contribution >= 0.6 is 22.7 Å². The maximum absolute atomic E-state index is 10.3. The Labute approximate surface area is 199 Å². The number of hydrogen-bond donors (Lipinski definition) is 1. The zero-order chi connectivity index (χ0) is 22.2. The van der Waals surface area contributed by atoms with E-state index in [0.717, 1.165) is 40.2 Å². The predicted octanol–water partition coefficient (Wildman–Crippen LogP) is 6.34. The molecular formula is C25H20N6S2. The monoisotopic (exact) mass is 468 g/mol. The van der Waals surface area contributed by atoms with Gasteiger partial charge in [-0.05, 0) is 48.4 Å². The number of thiophene rings is 1. The van der Waals surface area contributed by atoms with E-state index in [2.05, 4.69) is 56.5 Å². The lowest BCUT2D eigenvalue weighted by Crippen LogP contribution is -2.29. The van der Waals surface area contributed by atoms with Crippen LogP contribution in [0.4, 0.5) is 5.69 Å². The van der Waals surface area contributed by atoms with Crippen molar-refractivity contribution in [1.82, 2.24) is 20.2 Å². The highest BCUT2D eigenvalue weighted by Crippen LogP contribution is 2.41. The molecule has 1 fully saturated rings. The highest BCUT2D eigenvalue weighted by molar-refractivity contribution is 7.13. The Balaban J connectivity index is 1.59. The van der Waals surface area contributed by atoms with Gasteiger partial charge >= 0.3 is 0 Å². The van der Waals surface area contributed by atoms with Crippen LogP contribution in [0.3, 0.4) is 0 Å². The van der Waals surface area contributed by atoms with Crippen LogP contribution in [0.25, 0.3) is 44.1 Å². The largest absolute Gasteiger partial charge is 0.372 e. The lowest BCUT2D eigenvalue weighted by atomic mass is 9.94. The van der Waals surface area contributed by atoms with Crippen LogP contribution in [0.1, 0.15) is 24.8 Å². The Morgan fingerprint density at radius 1 is 1.06 bits per heavy atom. The summed E-state index contributed by atoms with van der Waals surface area (Å²) in [7, 11) is 0. The van der Waals surface area contributed by atoms with Gasteiger partial charge in [-0.15, -0.1) is 22.7 Å². The third-order valence-electron chi connectivity index (χ3n) is 6.13. The van der Waals surface area contributed by atoms with Gasteiger partial charge in [-0.2, -0.15) is 10.4 Å². The molecule has 8 heteroatoms. The number of fused-ring (bicyclic) bond motifs is 1. The van der Waals surface area contributed by atoms with Gasteiger partial charge in [0.05, 0.1) is 27.0 Å². The molecule has 1 aliphatic heterocycles. The molecule has 0 atom stereocenters. The van der Waals surface area contributed by atoms with Crippen molar-refractivity contribution >= 4 is 39.4 Å². The molecule has 6 rings (SSSR count). The average molecular weight is 469 g/mol. The second-order valence-electron chi connectivity index (χ2n) is 8.06. The maximum Gasteiger partial charge on any atom is 0.182 e. The summed E-state index contributed by atoms with van der Waals surface area (Å²) < 4.78 is 0. The minimum absolute atomic E-state index is 0.526. The van der Waals surface area contributed by atoms with Gasteiger partial charge in [0.1, 0.15) is 17.5 Å². The van der Waals surface area contributed by atoms with E-state index in [1.165, 1.54) is 36.3 Å². The Morgan fingerprint density at radius 3 is 2.61 bits per heavy atom. The molecular weight excluding hydrogens is 448 g/mol.